The fourth-order valence-electron chi connectivity index (χ4n) is 1.42. The Balaban J connectivity index is 2.07. The van der Waals surface area contributed by atoms with Crippen LogP contribution in [0.4, 0.5) is 0 Å². The van der Waals surface area contributed by atoms with Crippen LogP contribution in [0.2, 0.25) is 0 Å². The van der Waals surface area contributed by atoms with Gasteiger partial charge in [-0.05, 0) is 12.1 Å². The summed E-state index contributed by atoms with van der Waals surface area (Å²) < 4.78 is 1.69. The molecule has 0 aliphatic heterocycles. The molecule has 7 nitrogen and oxygen atoms in total. The number of amides is 2. The quantitative estimate of drug-likeness (QED) is 0.638. The van der Waals surface area contributed by atoms with E-state index in [9.17, 15) is 9.59 Å². The molecule has 94 valence electrons. The van der Waals surface area contributed by atoms with Crippen molar-refractivity contribution in [3.8, 4) is 0 Å². The molecule has 0 bridgehead atoms. The minimum absolute atomic E-state index is 0.206. The first-order valence-electron chi connectivity index (χ1n) is 5.27. The highest BCUT2D eigenvalue weighted by atomic mass is 16.3. The number of nitrogens with one attached hydrogen (secondary N) is 1. The Labute approximate surface area is 102 Å². The van der Waals surface area contributed by atoms with Crippen molar-refractivity contribution < 1.29 is 14.7 Å². The summed E-state index contributed by atoms with van der Waals surface area (Å²) in [6.45, 7) is -0.234. The normalized spacial score (nSPS) is 12.3. The van der Waals surface area contributed by atoms with Crippen molar-refractivity contribution in [3.63, 3.8) is 0 Å². The molecule has 0 spiro atoms. The first-order chi connectivity index (χ1) is 8.58. The molecule has 2 amide bonds. The summed E-state index contributed by atoms with van der Waals surface area (Å²) in [7, 11) is 0. The lowest BCUT2D eigenvalue weighted by molar-refractivity contribution is -0.125. The summed E-state index contributed by atoms with van der Waals surface area (Å²) in [6.07, 6.45) is 1.92. The maximum Gasteiger partial charge on any atom is 0.271 e. The van der Waals surface area contributed by atoms with Gasteiger partial charge in [0.1, 0.15) is 17.4 Å². The molecule has 0 aliphatic rings. The number of primary amides is 1. The van der Waals surface area contributed by atoms with Gasteiger partial charge in [0.05, 0.1) is 6.54 Å². The molecule has 1 atom stereocenters. The van der Waals surface area contributed by atoms with Crippen LogP contribution >= 0.6 is 0 Å². The van der Waals surface area contributed by atoms with Gasteiger partial charge in [-0.25, -0.2) is 4.98 Å². The number of pyridine rings is 1. The number of hydrogen-bond donors (Lipinski definition) is 3. The maximum atomic E-state index is 11.7. The Morgan fingerprint density at radius 3 is 2.94 bits per heavy atom. The fraction of sp³-hybridized carbons (Fsp3) is 0.182. The van der Waals surface area contributed by atoms with E-state index >= 15 is 0 Å². The molecule has 0 radical (unpaired) electrons. The van der Waals surface area contributed by atoms with E-state index in [-0.39, 0.29) is 12.2 Å². The van der Waals surface area contributed by atoms with Crippen LogP contribution in [0.25, 0.3) is 5.65 Å². The van der Waals surface area contributed by atoms with Gasteiger partial charge >= 0.3 is 0 Å². The summed E-state index contributed by atoms with van der Waals surface area (Å²) in [6, 6.07) is 5.38. The minimum Gasteiger partial charge on any atom is -0.381 e. The maximum absolute atomic E-state index is 11.7. The van der Waals surface area contributed by atoms with Crippen molar-refractivity contribution >= 4 is 17.5 Å². The third-order valence-electron chi connectivity index (χ3n) is 2.38. The molecule has 2 rings (SSSR count). The number of aromatic nitrogens is 2. The number of fused-ring (bicyclic) bond motifs is 1. The van der Waals surface area contributed by atoms with Gasteiger partial charge in [0, 0.05) is 12.4 Å². The number of nitrogens with zero attached hydrogens (tertiary/aromatic N) is 2. The molecule has 0 fully saturated rings. The Hall–Kier alpha value is -2.41. The van der Waals surface area contributed by atoms with Crippen LogP contribution in [-0.4, -0.2) is 39.0 Å². The molecule has 0 saturated carbocycles. The highest BCUT2D eigenvalue weighted by molar-refractivity contribution is 5.93. The topological polar surface area (TPSA) is 110 Å². The van der Waals surface area contributed by atoms with Crippen LogP contribution in [-0.2, 0) is 4.79 Å². The van der Waals surface area contributed by atoms with E-state index in [4.69, 9.17) is 10.8 Å². The van der Waals surface area contributed by atoms with Crippen molar-refractivity contribution in [1.29, 1.82) is 0 Å². The molecule has 0 aromatic carbocycles. The standard InChI is InChI=1S/C11H12N4O3/c12-10(17)8(16)5-13-11(18)7-6-15-4-2-1-3-9(15)14-7/h1-4,6,8,16H,5H2,(H2,12,17)(H,13,18). The number of aliphatic hydroxyl groups excluding tert-OH is 1. The summed E-state index contributed by atoms with van der Waals surface area (Å²) in [4.78, 5) is 26.4. The van der Waals surface area contributed by atoms with Gasteiger partial charge in [-0.1, -0.05) is 6.07 Å². The van der Waals surface area contributed by atoms with Crippen molar-refractivity contribution in [2.75, 3.05) is 6.54 Å². The average Bonchev–Trinajstić information content (AvgIpc) is 2.79. The molecule has 2 aromatic heterocycles. The van der Waals surface area contributed by atoms with Crippen LogP contribution in [0, 0.1) is 0 Å². The first kappa shape index (κ1) is 12.1. The average molecular weight is 248 g/mol. The molecule has 0 aliphatic carbocycles. The second kappa shape index (κ2) is 4.84. The zero-order valence-electron chi connectivity index (χ0n) is 9.41. The van der Waals surface area contributed by atoms with Gasteiger partial charge in [-0.15, -0.1) is 0 Å². The van der Waals surface area contributed by atoms with Gasteiger partial charge in [0.25, 0.3) is 5.91 Å². The molecular weight excluding hydrogens is 236 g/mol. The second-order valence-corrected chi connectivity index (χ2v) is 3.72. The number of nitrogens with two attached hydrogens (primary N) is 1. The van der Waals surface area contributed by atoms with E-state index in [0.717, 1.165) is 0 Å². The van der Waals surface area contributed by atoms with Crippen molar-refractivity contribution in [2.24, 2.45) is 5.73 Å². The van der Waals surface area contributed by atoms with Gasteiger partial charge in [0.2, 0.25) is 5.91 Å². The number of aliphatic hydroxyl groups is 1. The summed E-state index contributed by atoms with van der Waals surface area (Å²) in [5, 5.41) is 11.5. The van der Waals surface area contributed by atoms with Gasteiger partial charge in [0.15, 0.2) is 0 Å². The molecule has 4 N–H and O–H groups in total. The first-order valence-corrected chi connectivity index (χ1v) is 5.27. The molecule has 18 heavy (non-hydrogen) atoms. The van der Waals surface area contributed by atoms with E-state index in [1.54, 1.807) is 28.9 Å². The highest BCUT2D eigenvalue weighted by Gasteiger charge is 2.15. The molecule has 2 aromatic rings. The van der Waals surface area contributed by atoms with E-state index < -0.39 is 17.9 Å². The van der Waals surface area contributed by atoms with Crippen molar-refractivity contribution in [2.45, 2.75) is 6.10 Å². The van der Waals surface area contributed by atoms with E-state index in [1.165, 1.54) is 0 Å². The lowest BCUT2D eigenvalue weighted by Gasteiger charge is -2.06. The van der Waals surface area contributed by atoms with Gasteiger partial charge in [-0.2, -0.15) is 0 Å². The Morgan fingerprint density at radius 1 is 1.50 bits per heavy atom. The molecule has 7 heteroatoms. The van der Waals surface area contributed by atoms with E-state index in [2.05, 4.69) is 10.3 Å². The molecular formula is C11H12N4O3. The predicted molar refractivity (Wildman–Crippen MR) is 62.7 cm³/mol. The van der Waals surface area contributed by atoms with E-state index in [0.29, 0.717) is 5.65 Å². The number of hydrogen-bond acceptors (Lipinski definition) is 4. The van der Waals surface area contributed by atoms with Crippen LogP contribution in [0.5, 0.6) is 0 Å². The lowest BCUT2D eigenvalue weighted by Crippen LogP contribution is -2.40. The molecule has 0 saturated heterocycles. The Bertz CT molecular complexity index is 560. The number of imidazole rings is 1. The predicted octanol–water partition coefficient (Wildman–Crippen LogP) is -1.09. The number of rotatable bonds is 4. The van der Waals surface area contributed by atoms with Crippen LogP contribution in [0.1, 0.15) is 10.5 Å². The monoisotopic (exact) mass is 248 g/mol. The van der Waals surface area contributed by atoms with E-state index in [1.807, 2.05) is 6.07 Å². The largest absolute Gasteiger partial charge is 0.381 e. The van der Waals surface area contributed by atoms with Gasteiger partial charge in [-0.3, -0.25) is 9.59 Å². The fourth-order valence-corrected chi connectivity index (χ4v) is 1.42. The van der Waals surface area contributed by atoms with Gasteiger partial charge < -0.3 is 20.6 Å². The Morgan fingerprint density at radius 2 is 2.28 bits per heavy atom. The minimum atomic E-state index is -1.40. The highest BCUT2D eigenvalue weighted by Crippen LogP contribution is 2.04. The van der Waals surface area contributed by atoms with Crippen LogP contribution in [0.3, 0.4) is 0 Å². The van der Waals surface area contributed by atoms with Crippen LogP contribution in [0.15, 0.2) is 30.6 Å². The third kappa shape index (κ3) is 2.46. The summed E-state index contributed by atoms with van der Waals surface area (Å²) in [5.74, 6) is -1.36. The lowest BCUT2D eigenvalue weighted by atomic mass is 10.3. The van der Waals surface area contributed by atoms with Crippen LogP contribution < -0.4 is 11.1 Å². The summed E-state index contributed by atoms with van der Waals surface area (Å²) in [5.41, 5.74) is 5.71. The zero-order valence-corrected chi connectivity index (χ0v) is 9.41. The van der Waals surface area contributed by atoms with Crippen molar-refractivity contribution in [3.05, 3.63) is 36.3 Å². The summed E-state index contributed by atoms with van der Waals surface area (Å²) >= 11 is 0. The number of carbonyl (C=O) groups is 2. The smallest absolute Gasteiger partial charge is 0.271 e. The Kier molecular flexibility index (Phi) is 3.24. The molecule has 1 unspecified atom stereocenters. The third-order valence-corrected chi connectivity index (χ3v) is 2.38. The molecule has 2 heterocycles. The zero-order chi connectivity index (χ0) is 13.1. The SMILES string of the molecule is NC(=O)C(O)CNC(=O)c1cn2ccccc2n1. The second-order valence-electron chi connectivity index (χ2n) is 3.72. The van der Waals surface area contributed by atoms with Crippen molar-refractivity contribution in [1.82, 2.24) is 14.7 Å². The number of carbonyl (C=O) groups excluding carboxylic acids is 2.